The Kier molecular flexibility index (Phi) is 6.63. The molecule has 0 aliphatic heterocycles. The first-order valence-corrected chi connectivity index (χ1v) is 11.3. The normalized spacial score (nSPS) is 11.2. The number of carbonyl (C=O) groups excluding carboxylic acids is 3. The summed E-state index contributed by atoms with van der Waals surface area (Å²) in [6.07, 6.45) is 3.48. The molecule has 2 aromatic heterocycles. The minimum absolute atomic E-state index is 0.185. The van der Waals surface area contributed by atoms with Gasteiger partial charge in [-0.15, -0.1) is 0 Å². The lowest BCUT2D eigenvalue weighted by molar-refractivity contribution is -0.112. The van der Waals surface area contributed by atoms with Crippen LogP contribution in [-0.2, 0) is 4.79 Å². The summed E-state index contributed by atoms with van der Waals surface area (Å²) in [5.41, 5.74) is 8.86. The second-order valence-electron chi connectivity index (χ2n) is 8.79. The van der Waals surface area contributed by atoms with E-state index in [4.69, 9.17) is 17.3 Å². The van der Waals surface area contributed by atoms with Crippen LogP contribution < -0.4 is 21.7 Å². The molecular weight excluding hydrogens is 482 g/mol. The molecule has 0 fully saturated rings. The van der Waals surface area contributed by atoms with Gasteiger partial charge in [0, 0.05) is 17.4 Å². The molecule has 0 aliphatic rings. The van der Waals surface area contributed by atoms with Gasteiger partial charge in [-0.3, -0.25) is 4.79 Å². The molecule has 10 nitrogen and oxygen atoms in total. The topological polar surface area (TPSA) is 144 Å². The summed E-state index contributed by atoms with van der Waals surface area (Å²) >= 11 is 6.15. The number of amides is 3. The fraction of sp³-hybridized carbons (Fsp3) is 0.160. The summed E-state index contributed by atoms with van der Waals surface area (Å²) in [7, 11) is 0. The Morgan fingerprint density at radius 2 is 1.83 bits per heavy atom. The van der Waals surface area contributed by atoms with Gasteiger partial charge in [-0.05, 0) is 56.2 Å². The molecule has 36 heavy (non-hydrogen) atoms. The van der Waals surface area contributed by atoms with Gasteiger partial charge in [0.05, 0.1) is 21.8 Å². The van der Waals surface area contributed by atoms with Crippen molar-refractivity contribution in [1.29, 1.82) is 0 Å². The third-order valence-electron chi connectivity index (χ3n) is 5.38. The molecule has 0 unspecified atom stereocenters. The maximum Gasteiger partial charge on any atom is 0.323 e. The van der Waals surface area contributed by atoms with Crippen LogP contribution in [-0.4, -0.2) is 38.4 Å². The van der Waals surface area contributed by atoms with Gasteiger partial charge in [-0.1, -0.05) is 29.8 Å². The quantitative estimate of drug-likeness (QED) is 0.288. The van der Waals surface area contributed by atoms with Crippen molar-refractivity contribution in [2.24, 2.45) is 0 Å². The number of aldehydes is 1. The molecule has 184 valence electrons. The number of urea groups is 1. The lowest BCUT2D eigenvalue weighted by Gasteiger charge is -2.19. The standard InChI is InChI=1S/C25H24ClN7O3/c1-14-4-9-18(26)19(10-14)31-24(36)30-16-7-5-15(6-8-16)20-17(23(35)32-25(2,3)12-34)11-33-21(20)22(27)28-13-29-33/h4-13H,1-3H3,(H,32,35)(H2,27,28,29)(H2,30,31,36). The predicted octanol–water partition coefficient (Wildman–Crippen LogP) is 4.29. The lowest BCUT2D eigenvalue weighted by atomic mass is 10.0. The van der Waals surface area contributed by atoms with Crippen LogP contribution in [0.1, 0.15) is 29.8 Å². The Morgan fingerprint density at radius 1 is 1.11 bits per heavy atom. The maximum absolute atomic E-state index is 13.1. The van der Waals surface area contributed by atoms with E-state index in [9.17, 15) is 14.4 Å². The number of anilines is 3. The number of benzene rings is 2. The minimum Gasteiger partial charge on any atom is -0.382 e. The smallest absolute Gasteiger partial charge is 0.323 e. The Balaban J connectivity index is 1.64. The Bertz CT molecular complexity index is 1480. The van der Waals surface area contributed by atoms with Crippen molar-refractivity contribution < 1.29 is 14.4 Å². The molecule has 5 N–H and O–H groups in total. The van der Waals surface area contributed by atoms with Crippen LogP contribution in [0, 0.1) is 6.92 Å². The van der Waals surface area contributed by atoms with E-state index >= 15 is 0 Å². The van der Waals surface area contributed by atoms with Crippen LogP contribution in [0.2, 0.25) is 5.02 Å². The summed E-state index contributed by atoms with van der Waals surface area (Å²) in [5, 5.41) is 12.8. The number of carbonyl (C=O) groups is 3. The van der Waals surface area contributed by atoms with Crippen LogP contribution in [0.25, 0.3) is 16.6 Å². The number of aryl methyl sites for hydroxylation is 1. The van der Waals surface area contributed by atoms with Crippen LogP contribution in [0.15, 0.2) is 55.0 Å². The van der Waals surface area contributed by atoms with Crippen molar-refractivity contribution in [2.75, 3.05) is 16.4 Å². The van der Waals surface area contributed by atoms with E-state index in [1.165, 1.54) is 17.0 Å². The molecule has 0 saturated carbocycles. The number of aromatic nitrogens is 3. The van der Waals surface area contributed by atoms with Gasteiger partial charge in [0.15, 0.2) is 5.82 Å². The summed E-state index contributed by atoms with van der Waals surface area (Å²) in [5.74, 6) is -0.283. The first-order valence-electron chi connectivity index (χ1n) is 10.9. The average molecular weight is 506 g/mol. The molecule has 3 amide bonds. The second-order valence-corrected chi connectivity index (χ2v) is 9.20. The van der Waals surface area contributed by atoms with Crippen LogP contribution in [0.3, 0.4) is 0 Å². The molecule has 2 aromatic carbocycles. The van der Waals surface area contributed by atoms with E-state index < -0.39 is 17.5 Å². The predicted molar refractivity (Wildman–Crippen MR) is 139 cm³/mol. The molecule has 4 rings (SSSR count). The number of hydrogen-bond acceptors (Lipinski definition) is 6. The van der Waals surface area contributed by atoms with E-state index in [0.29, 0.717) is 39.3 Å². The molecular formula is C25H24ClN7O3. The van der Waals surface area contributed by atoms with E-state index in [-0.39, 0.29) is 11.4 Å². The third-order valence-corrected chi connectivity index (χ3v) is 5.71. The molecule has 0 bridgehead atoms. The van der Waals surface area contributed by atoms with Gasteiger partial charge in [-0.2, -0.15) is 5.10 Å². The molecule has 0 radical (unpaired) electrons. The Hall–Kier alpha value is -4.44. The summed E-state index contributed by atoms with van der Waals surface area (Å²) in [6, 6.07) is 11.7. The number of halogens is 1. The van der Waals surface area contributed by atoms with Crippen molar-refractivity contribution in [1.82, 2.24) is 19.9 Å². The van der Waals surface area contributed by atoms with Gasteiger partial charge in [0.25, 0.3) is 5.91 Å². The fourth-order valence-electron chi connectivity index (χ4n) is 3.63. The maximum atomic E-state index is 13.1. The van der Waals surface area contributed by atoms with Crippen LogP contribution >= 0.6 is 11.6 Å². The SMILES string of the molecule is Cc1ccc(Cl)c(NC(=O)Nc2ccc(-c3c(C(=O)NC(C)(C)C=O)cn4ncnc(N)c34)cc2)c1. The molecule has 0 aliphatic carbocycles. The van der Waals surface area contributed by atoms with E-state index in [1.807, 2.05) is 13.0 Å². The van der Waals surface area contributed by atoms with E-state index in [2.05, 4.69) is 26.0 Å². The number of hydrogen-bond donors (Lipinski definition) is 4. The van der Waals surface area contributed by atoms with Gasteiger partial charge >= 0.3 is 6.03 Å². The fourth-order valence-corrected chi connectivity index (χ4v) is 3.79. The molecule has 11 heteroatoms. The molecule has 4 aromatic rings. The highest BCUT2D eigenvalue weighted by atomic mass is 35.5. The van der Waals surface area contributed by atoms with Crippen molar-refractivity contribution >= 4 is 52.5 Å². The van der Waals surface area contributed by atoms with Crippen molar-refractivity contribution in [3.05, 3.63) is 71.1 Å². The van der Waals surface area contributed by atoms with E-state index in [1.54, 1.807) is 50.2 Å². The van der Waals surface area contributed by atoms with Gasteiger partial charge in [0.1, 0.15) is 18.1 Å². The van der Waals surface area contributed by atoms with Crippen molar-refractivity contribution in [2.45, 2.75) is 26.3 Å². The van der Waals surface area contributed by atoms with Gasteiger partial charge < -0.3 is 26.5 Å². The monoisotopic (exact) mass is 505 g/mol. The Labute approximate surface area is 211 Å². The number of nitrogen functional groups attached to an aromatic ring is 1. The van der Waals surface area contributed by atoms with E-state index in [0.717, 1.165) is 5.56 Å². The number of nitrogens with zero attached hydrogens (tertiary/aromatic N) is 3. The summed E-state index contributed by atoms with van der Waals surface area (Å²) < 4.78 is 1.46. The Morgan fingerprint density at radius 3 is 2.53 bits per heavy atom. The number of fused-ring (bicyclic) bond motifs is 1. The molecule has 2 heterocycles. The highest BCUT2D eigenvalue weighted by molar-refractivity contribution is 6.33. The zero-order chi connectivity index (χ0) is 26.0. The lowest BCUT2D eigenvalue weighted by Crippen LogP contribution is -2.44. The minimum atomic E-state index is -1.07. The highest BCUT2D eigenvalue weighted by Crippen LogP contribution is 2.33. The molecule has 0 spiro atoms. The average Bonchev–Trinajstić information content (AvgIpc) is 3.23. The largest absolute Gasteiger partial charge is 0.382 e. The number of nitrogens with two attached hydrogens (primary N) is 1. The zero-order valence-electron chi connectivity index (χ0n) is 19.8. The van der Waals surface area contributed by atoms with Gasteiger partial charge in [-0.25, -0.2) is 14.3 Å². The molecule has 0 saturated heterocycles. The second kappa shape index (κ2) is 9.67. The molecule has 0 atom stereocenters. The van der Waals surface area contributed by atoms with Crippen LogP contribution in [0.5, 0.6) is 0 Å². The number of rotatable bonds is 6. The van der Waals surface area contributed by atoms with Crippen molar-refractivity contribution in [3.63, 3.8) is 0 Å². The third kappa shape index (κ3) is 5.13. The van der Waals surface area contributed by atoms with Crippen LogP contribution in [0.4, 0.5) is 22.0 Å². The van der Waals surface area contributed by atoms with Gasteiger partial charge in [0.2, 0.25) is 0 Å². The summed E-state index contributed by atoms with van der Waals surface area (Å²) in [4.78, 5) is 41.0. The first-order chi connectivity index (χ1) is 17.1. The summed E-state index contributed by atoms with van der Waals surface area (Å²) in [6.45, 7) is 5.09. The highest BCUT2D eigenvalue weighted by Gasteiger charge is 2.26. The number of nitrogens with one attached hydrogen (secondary N) is 3. The first kappa shape index (κ1) is 24.7. The zero-order valence-corrected chi connectivity index (χ0v) is 20.6. The van der Waals surface area contributed by atoms with Crippen molar-refractivity contribution in [3.8, 4) is 11.1 Å².